The molecule has 0 aliphatic carbocycles. The molecule has 134 valence electrons. The molecule has 0 saturated carbocycles. The van der Waals surface area contributed by atoms with Crippen LogP contribution < -0.4 is 10.6 Å². The molecule has 1 aliphatic heterocycles. The molecule has 2 N–H and O–H groups in total. The molecule has 1 fully saturated rings. The van der Waals surface area contributed by atoms with Crippen molar-refractivity contribution in [2.75, 3.05) is 59.6 Å². The molecule has 0 radical (unpaired) electrons. The molecule has 1 aliphatic rings. The lowest BCUT2D eigenvalue weighted by atomic mass is 10.2. The number of nitrogens with zero attached hydrogens (tertiary/aromatic N) is 2. The van der Waals surface area contributed by atoms with Gasteiger partial charge in [-0.1, -0.05) is 0 Å². The molecule has 0 bridgehead atoms. The predicted octanol–water partition coefficient (Wildman–Crippen LogP) is 0.607. The maximum atomic E-state index is 11.0. The van der Waals surface area contributed by atoms with Gasteiger partial charge in [-0.25, -0.2) is 0 Å². The number of carbonyl (C=O) groups is 1. The summed E-state index contributed by atoms with van der Waals surface area (Å²) >= 11 is 0. The van der Waals surface area contributed by atoms with Crippen molar-refractivity contribution < 1.29 is 14.3 Å². The van der Waals surface area contributed by atoms with E-state index >= 15 is 0 Å². The zero-order chi connectivity index (χ0) is 16.8. The summed E-state index contributed by atoms with van der Waals surface area (Å²) in [7, 11) is 1.42. The highest BCUT2D eigenvalue weighted by molar-refractivity contribution is 5.79. The first kappa shape index (κ1) is 19.7. The standard InChI is InChI=1S/C16H32N4O3/c1-3-17-16(18-8-5-4-7-15(21)22-2)19-9-6-10-20-11-13-23-14-12-20/h3-14H2,1-2H3,(H2,17,18,19). The molecule has 0 aromatic carbocycles. The van der Waals surface area contributed by atoms with E-state index in [1.165, 1.54) is 7.11 Å². The van der Waals surface area contributed by atoms with Crippen LogP contribution in [0, 0.1) is 0 Å². The summed E-state index contributed by atoms with van der Waals surface area (Å²) in [5.41, 5.74) is 0. The van der Waals surface area contributed by atoms with Gasteiger partial charge in [0.15, 0.2) is 5.96 Å². The summed E-state index contributed by atoms with van der Waals surface area (Å²) in [5, 5.41) is 6.55. The van der Waals surface area contributed by atoms with E-state index in [2.05, 4.69) is 32.2 Å². The summed E-state index contributed by atoms with van der Waals surface area (Å²) < 4.78 is 9.97. The van der Waals surface area contributed by atoms with Crippen LogP contribution >= 0.6 is 0 Å². The van der Waals surface area contributed by atoms with Crippen LogP contribution in [0.25, 0.3) is 0 Å². The average molecular weight is 328 g/mol. The number of rotatable bonds is 10. The average Bonchev–Trinajstić information content (AvgIpc) is 2.58. The first-order valence-electron chi connectivity index (χ1n) is 8.65. The lowest BCUT2D eigenvalue weighted by Gasteiger charge is -2.26. The number of carbonyl (C=O) groups excluding carboxylic acids is 1. The molecule has 0 unspecified atom stereocenters. The fourth-order valence-electron chi connectivity index (χ4n) is 2.35. The van der Waals surface area contributed by atoms with E-state index in [1.807, 2.05) is 0 Å². The third-order valence-corrected chi connectivity index (χ3v) is 3.68. The van der Waals surface area contributed by atoms with Crippen LogP contribution in [0.15, 0.2) is 4.99 Å². The Hall–Kier alpha value is -1.34. The SMILES string of the molecule is CCNC(=NCCCN1CCOCC1)NCCCCC(=O)OC. The molecule has 0 aromatic heterocycles. The Morgan fingerprint density at radius 3 is 2.70 bits per heavy atom. The van der Waals surface area contributed by atoms with Crippen LogP contribution in [-0.2, 0) is 14.3 Å². The maximum Gasteiger partial charge on any atom is 0.305 e. The minimum Gasteiger partial charge on any atom is -0.469 e. The van der Waals surface area contributed by atoms with Gasteiger partial charge in [0, 0.05) is 45.7 Å². The maximum absolute atomic E-state index is 11.0. The zero-order valence-electron chi connectivity index (χ0n) is 14.6. The molecular weight excluding hydrogens is 296 g/mol. The van der Waals surface area contributed by atoms with E-state index < -0.39 is 0 Å². The molecule has 1 heterocycles. The Morgan fingerprint density at radius 1 is 1.22 bits per heavy atom. The van der Waals surface area contributed by atoms with E-state index in [9.17, 15) is 4.79 Å². The van der Waals surface area contributed by atoms with Crippen molar-refractivity contribution in [1.29, 1.82) is 0 Å². The smallest absolute Gasteiger partial charge is 0.305 e. The summed E-state index contributed by atoms with van der Waals surface area (Å²) in [6.45, 7) is 9.36. The number of hydrogen-bond donors (Lipinski definition) is 2. The highest BCUT2D eigenvalue weighted by Crippen LogP contribution is 1.98. The topological polar surface area (TPSA) is 75.2 Å². The molecule has 0 aromatic rings. The summed E-state index contributed by atoms with van der Waals surface area (Å²) in [6, 6.07) is 0. The molecule has 0 atom stereocenters. The van der Waals surface area contributed by atoms with Crippen molar-refractivity contribution in [3.63, 3.8) is 0 Å². The van der Waals surface area contributed by atoms with Crippen molar-refractivity contribution in [3.05, 3.63) is 0 Å². The van der Waals surface area contributed by atoms with Crippen LogP contribution in [0.1, 0.15) is 32.6 Å². The van der Waals surface area contributed by atoms with Gasteiger partial charge in [0.25, 0.3) is 0 Å². The van der Waals surface area contributed by atoms with Gasteiger partial charge in [-0.15, -0.1) is 0 Å². The number of esters is 1. The molecule has 1 rings (SSSR count). The van der Waals surface area contributed by atoms with E-state index in [0.717, 1.165) is 77.7 Å². The number of aliphatic imine (C=N–C) groups is 1. The Morgan fingerprint density at radius 2 is 2.00 bits per heavy atom. The van der Waals surface area contributed by atoms with Gasteiger partial charge in [0.1, 0.15) is 0 Å². The van der Waals surface area contributed by atoms with Gasteiger partial charge in [0.05, 0.1) is 20.3 Å². The number of unbranched alkanes of at least 4 members (excludes halogenated alkanes) is 1. The minimum atomic E-state index is -0.145. The number of ether oxygens (including phenoxy) is 2. The largest absolute Gasteiger partial charge is 0.469 e. The van der Waals surface area contributed by atoms with Gasteiger partial charge in [0.2, 0.25) is 0 Å². The third kappa shape index (κ3) is 10.1. The lowest BCUT2D eigenvalue weighted by Crippen LogP contribution is -2.38. The monoisotopic (exact) mass is 328 g/mol. The quantitative estimate of drug-likeness (QED) is 0.265. The van der Waals surface area contributed by atoms with E-state index in [0.29, 0.717) is 6.42 Å². The van der Waals surface area contributed by atoms with E-state index in [4.69, 9.17) is 4.74 Å². The molecule has 7 nitrogen and oxygen atoms in total. The Labute approximate surface area is 139 Å². The van der Waals surface area contributed by atoms with Gasteiger partial charge >= 0.3 is 5.97 Å². The van der Waals surface area contributed by atoms with Crippen molar-refractivity contribution in [1.82, 2.24) is 15.5 Å². The van der Waals surface area contributed by atoms with Crippen molar-refractivity contribution in [2.24, 2.45) is 4.99 Å². The third-order valence-electron chi connectivity index (χ3n) is 3.68. The molecule has 7 heteroatoms. The van der Waals surface area contributed by atoms with E-state index in [-0.39, 0.29) is 5.97 Å². The number of hydrogen-bond acceptors (Lipinski definition) is 5. The second-order valence-corrected chi connectivity index (χ2v) is 5.53. The minimum absolute atomic E-state index is 0.145. The fraction of sp³-hybridized carbons (Fsp3) is 0.875. The van der Waals surface area contributed by atoms with E-state index in [1.54, 1.807) is 0 Å². The summed E-state index contributed by atoms with van der Waals surface area (Å²) in [4.78, 5) is 18.0. The van der Waals surface area contributed by atoms with Gasteiger partial charge < -0.3 is 20.1 Å². The second-order valence-electron chi connectivity index (χ2n) is 5.53. The first-order chi connectivity index (χ1) is 11.3. The Kier molecular flexibility index (Phi) is 11.3. The normalized spacial score (nSPS) is 16.2. The first-order valence-corrected chi connectivity index (χ1v) is 8.65. The van der Waals surface area contributed by atoms with Crippen molar-refractivity contribution in [2.45, 2.75) is 32.6 Å². The highest BCUT2D eigenvalue weighted by Gasteiger charge is 2.09. The number of morpholine rings is 1. The highest BCUT2D eigenvalue weighted by atomic mass is 16.5. The van der Waals surface area contributed by atoms with Gasteiger partial charge in [-0.05, 0) is 26.2 Å². The number of methoxy groups -OCH3 is 1. The van der Waals surface area contributed by atoms with Gasteiger partial charge in [-0.3, -0.25) is 14.7 Å². The summed E-state index contributed by atoms with van der Waals surface area (Å²) in [6.07, 6.45) is 3.29. The van der Waals surface area contributed by atoms with Crippen LogP contribution in [0.5, 0.6) is 0 Å². The fourth-order valence-corrected chi connectivity index (χ4v) is 2.35. The van der Waals surface area contributed by atoms with Crippen LogP contribution in [0.2, 0.25) is 0 Å². The van der Waals surface area contributed by atoms with Crippen LogP contribution in [0.4, 0.5) is 0 Å². The molecular formula is C16H32N4O3. The second kappa shape index (κ2) is 13.1. The molecule has 0 spiro atoms. The lowest BCUT2D eigenvalue weighted by molar-refractivity contribution is -0.140. The Bertz CT molecular complexity index is 344. The molecule has 1 saturated heterocycles. The number of nitrogens with one attached hydrogen (secondary N) is 2. The zero-order valence-corrected chi connectivity index (χ0v) is 14.6. The van der Waals surface area contributed by atoms with Crippen LogP contribution in [-0.4, -0.2) is 76.4 Å². The van der Waals surface area contributed by atoms with Crippen molar-refractivity contribution in [3.8, 4) is 0 Å². The van der Waals surface area contributed by atoms with Crippen molar-refractivity contribution >= 4 is 11.9 Å². The summed E-state index contributed by atoms with van der Waals surface area (Å²) in [5.74, 6) is 0.709. The van der Waals surface area contributed by atoms with Gasteiger partial charge in [-0.2, -0.15) is 0 Å². The number of guanidine groups is 1. The Balaban J connectivity index is 2.12. The van der Waals surface area contributed by atoms with Crippen LogP contribution in [0.3, 0.4) is 0 Å². The molecule has 0 amide bonds. The molecule has 23 heavy (non-hydrogen) atoms. The predicted molar refractivity (Wildman–Crippen MR) is 91.7 cm³/mol.